The summed E-state index contributed by atoms with van der Waals surface area (Å²) < 4.78 is 39.9. The van der Waals surface area contributed by atoms with Gasteiger partial charge in [-0.05, 0) is 54.2 Å². The van der Waals surface area contributed by atoms with Gasteiger partial charge >= 0.3 is 12.1 Å². The smallest absolute Gasteiger partial charge is 0.416 e. The molecule has 150 valence electrons. The number of aliphatic carboxylic acids is 1. The van der Waals surface area contributed by atoms with E-state index in [0.717, 1.165) is 29.7 Å². The first-order chi connectivity index (χ1) is 13.2. The molecule has 1 fully saturated rings. The van der Waals surface area contributed by atoms with Crippen LogP contribution in [-0.2, 0) is 17.4 Å². The van der Waals surface area contributed by atoms with Crippen LogP contribution in [0.5, 0.6) is 0 Å². The molecule has 0 radical (unpaired) electrons. The van der Waals surface area contributed by atoms with Crippen molar-refractivity contribution >= 4 is 17.6 Å². The van der Waals surface area contributed by atoms with Gasteiger partial charge in [0.1, 0.15) is 6.04 Å². The lowest BCUT2D eigenvalue weighted by Crippen LogP contribution is -2.39. The highest BCUT2D eigenvalue weighted by molar-refractivity contribution is 6.31. The molecular formula is C21H21ClF3NO2. The number of rotatable bonds is 5. The molecule has 0 bridgehead atoms. The lowest BCUT2D eigenvalue weighted by atomic mass is 9.93. The van der Waals surface area contributed by atoms with Crippen molar-refractivity contribution in [1.82, 2.24) is 4.90 Å². The summed E-state index contributed by atoms with van der Waals surface area (Å²) in [6.07, 6.45) is -2.56. The Hall–Kier alpha value is -2.05. The van der Waals surface area contributed by atoms with Crippen molar-refractivity contribution in [3.63, 3.8) is 0 Å². The minimum Gasteiger partial charge on any atom is -0.480 e. The summed E-state index contributed by atoms with van der Waals surface area (Å²) in [5.41, 5.74) is 1.29. The summed E-state index contributed by atoms with van der Waals surface area (Å²) >= 11 is 6.31. The Kier molecular flexibility index (Phi) is 6.01. The molecule has 0 amide bonds. The number of carbonyl (C=O) groups is 1. The van der Waals surface area contributed by atoms with E-state index in [1.807, 2.05) is 31.2 Å². The zero-order valence-corrected chi connectivity index (χ0v) is 16.1. The number of hydrogen-bond acceptors (Lipinski definition) is 2. The average Bonchev–Trinajstić information content (AvgIpc) is 3.13. The minimum atomic E-state index is -4.51. The summed E-state index contributed by atoms with van der Waals surface area (Å²) in [6, 6.07) is 9.31. The number of nitrogens with zero attached hydrogens (tertiary/aromatic N) is 1. The molecule has 2 atom stereocenters. The predicted octanol–water partition coefficient (Wildman–Crippen LogP) is 5.56. The molecule has 1 aliphatic rings. The first-order valence-electron chi connectivity index (χ1n) is 9.16. The third-order valence-electron chi connectivity index (χ3n) is 5.23. The summed E-state index contributed by atoms with van der Waals surface area (Å²) in [6.45, 7) is 2.49. The van der Waals surface area contributed by atoms with Crippen molar-refractivity contribution in [2.75, 3.05) is 6.54 Å². The van der Waals surface area contributed by atoms with Gasteiger partial charge in [-0.2, -0.15) is 13.2 Å². The molecule has 0 spiro atoms. The topological polar surface area (TPSA) is 40.5 Å². The van der Waals surface area contributed by atoms with Crippen molar-refractivity contribution < 1.29 is 23.1 Å². The van der Waals surface area contributed by atoms with Crippen molar-refractivity contribution in [2.24, 2.45) is 0 Å². The van der Waals surface area contributed by atoms with Crippen LogP contribution >= 0.6 is 11.6 Å². The normalized spacial score (nSPS) is 19.0. The number of carboxylic acids is 1. The monoisotopic (exact) mass is 411 g/mol. The van der Waals surface area contributed by atoms with E-state index in [1.54, 1.807) is 4.90 Å². The molecule has 0 saturated carbocycles. The van der Waals surface area contributed by atoms with E-state index in [4.69, 9.17) is 11.6 Å². The lowest BCUT2D eigenvalue weighted by Gasteiger charge is -2.33. The second kappa shape index (κ2) is 8.13. The number of alkyl halides is 3. The Labute approximate surface area is 166 Å². The second-order valence-corrected chi connectivity index (χ2v) is 7.37. The molecule has 1 heterocycles. The standard InChI is InChI=1S/C21H21ClF3NO2/c1-2-13-5-7-14(8-6-13)19(26-11-3-4-18(26)20(27)28)16-12-15(21(23,24)25)9-10-17(16)22/h5-10,12,18-19H,2-4,11H2,1H3,(H,27,28). The SMILES string of the molecule is CCc1ccc(C(c2cc(C(F)(F)F)ccc2Cl)N2CCCC2C(=O)O)cc1. The Morgan fingerprint density at radius 3 is 2.50 bits per heavy atom. The molecule has 0 aliphatic carbocycles. The highest BCUT2D eigenvalue weighted by Gasteiger charge is 2.39. The molecule has 7 heteroatoms. The summed E-state index contributed by atoms with van der Waals surface area (Å²) in [7, 11) is 0. The first kappa shape index (κ1) is 20.7. The van der Waals surface area contributed by atoms with Gasteiger partial charge in [-0.3, -0.25) is 9.69 Å². The maximum absolute atomic E-state index is 13.3. The van der Waals surface area contributed by atoms with Gasteiger partial charge < -0.3 is 5.11 Å². The van der Waals surface area contributed by atoms with E-state index in [2.05, 4.69) is 0 Å². The van der Waals surface area contributed by atoms with Gasteiger partial charge in [0.15, 0.2) is 0 Å². The Balaban J connectivity index is 2.15. The highest BCUT2D eigenvalue weighted by atomic mass is 35.5. The molecule has 28 heavy (non-hydrogen) atoms. The first-order valence-corrected chi connectivity index (χ1v) is 9.54. The van der Waals surface area contributed by atoms with Crippen LogP contribution in [0.15, 0.2) is 42.5 Å². The third-order valence-corrected chi connectivity index (χ3v) is 5.58. The van der Waals surface area contributed by atoms with Crippen LogP contribution in [0.1, 0.15) is 48.1 Å². The molecule has 3 rings (SSSR count). The van der Waals surface area contributed by atoms with Crippen LogP contribution in [0.4, 0.5) is 13.2 Å². The van der Waals surface area contributed by atoms with Crippen LogP contribution < -0.4 is 0 Å². The fourth-order valence-electron chi connectivity index (χ4n) is 3.78. The maximum Gasteiger partial charge on any atom is 0.416 e. The van der Waals surface area contributed by atoms with E-state index in [-0.39, 0.29) is 10.6 Å². The van der Waals surface area contributed by atoms with E-state index < -0.39 is 29.8 Å². The molecule has 1 N–H and O–H groups in total. The fourth-order valence-corrected chi connectivity index (χ4v) is 4.00. The van der Waals surface area contributed by atoms with Crippen LogP contribution in [0.2, 0.25) is 5.02 Å². The Bertz CT molecular complexity index is 852. The van der Waals surface area contributed by atoms with E-state index >= 15 is 0 Å². The van der Waals surface area contributed by atoms with Crippen molar-refractivity contribution in [3.05, 3.63) is 69.7 Å². The summed E-state index contributed by atoms with van der Waals surface area (Å²) in [4.78, 5) is 13.5. The zero-order chi connectivity index (χ0) is 20.5. The van der Waals surface area contributed by atoms with E-state index in [9.17, 15) is 23.1 Å². The van der Waals surface area contributed by atoms with Gasteiger partial charge in [0.25, 0.3) is 0 Å². The Morgan fingerprint density at radius 1 is 1.25 bits per heavy atom. The summed E-state index contributed by atoms with van der Waals surface area (Å²) in [5.74, 6) is -0.976. The number of aryl methyl sites for hydroxylation is 1. The number of likely N-dealkylation sites (tertiary alicyclic amines) is 1. The number of carboxylic acid groups (broad SMARTS) is 1. The van der Waals surface area contributed by atoms with Crippen LogP contribution in [0, 0.1) is 0 Å². The molecule has 3 nitrogen and oxygen atoms in total. The quantitative estimate of drug-likeness (QED) is 0.700. The van der Waals surface area contributed by atoms with E-state index in [0.29, 0.717) is 19.4 Å². The molecule has 2 aromatic rings. The van der Waals surface area contributed by atoms with E-state index in [1.165, 1.54) is 6.07 Å². The average molecular weight is 412 g/mol. The molecular weight excluding hydrogens is 391 g/mol. The molecule has 2 unspecified atom stereocenters. The van der Waals surface area contributed by atoms with Gasteiger partial charge in [0, 0.05) is 11.6 Å². The van der Waals surface area contributed by atoms with Crippen molar-refractivity contribution in [1.29, 1.82) is 0 Å². The highest BCUT2D eigenvalue weighted by Crippen LogP contribution is 2.40. The van der Waals surface area contributed by atoms with Crippen molar-refractivity contribution in [3.8, 4) is 0 Å². The largest absolute Gasteiger partial charge is 0.480 e. The fraction of sp³-hybridized carbons (Fsp3) is 0.381. The maximum atomic E-state index is 13.3. The van der Waals surface area contributed by atoms with Gasteiger partial charge in [0.2, 0.25) is 0 Å². The van der Waals surface area contributed by atoms with Crippen LogP contribution in [0.25, 0.3) is 0 Å². The lowest BCUT2D eigenvalue weighted by molar-refractivity contribution is -0.143. The van der Waals surface area contributed by atoms with Gasteiger partial charge in [-0.15, -0.1) is 0 Å². The number of halogens is 4. The molecule has 0 aromatic heterocycles. The second-order valence-electron chi connectivity index (χ2n) is 6.97. The van der Waals surface area contributed by atoms with Gasteiger partial charge in [-0.1, -0.05) is 42.8 Å². The zero-order valence-electron chi connectivity index (χ0n) is 15.3. The molecule has 1 saturated heterocycles. The van der Waals surface area contributed by atoms with Crippen molar-refractivity contribution in [2.45, 2.75) is 44.4 Å². The minimum absolute atomic E-state index is 0.189. The Morgan fingerprint density at radius 2 is 1.93 bits per heavy atom. The van der Waals surface area contributed by atoms with Gasteiger partial charge in [0.05, 0.1) is 11.6 Å². The number of hydrogen-bond donors (Lipinski definition) is 1. The summed E-state index contributed by atoms with van der Waals surface area (Å²) in [5, 5.41) is 9.80. The molecule has 2 aromatic carbocycles. The third kappa shape index (κ3) is 4.18. The van der Waals surface area contributed by atoms with Crippen LogP contribution in [-0.4, -0.2) is 28.6 Å². The van der Waals surface area contributed by atoms with Crippen LogP contribution in [0.3, 0.4) is 0 Å². The van der Waals surface area contributed by atoms with Gasteiger partial charge in [-0.25, -0.2) is 0 Å². The predicted molar refractivity (Wildman–Crippen MR) is 101 cm³/mol. The number of benzene rings is 2. The molecule has 1 aliphatic heterocycles.